The van der Waals surface area contributed by atoms with Crippen LogP contribution in [-0.2, 0) is 6.18 Å². The fourth-order valence-electron chi connectivity index (χ4n) is 3.86. The molecule has 0 bridgehead atoms. The fourth-order valence-corrected chi connectivity index (χ4v) is 4.49. The predicted octanol–water partition coefficient (Wildman–Crippen LogP) is 5.06. The highest BCUT2D eigenvalue weighted by molar-refractivity contribution is 7.98. The van der Waals surface area contributed by atoms with Crippen molar-refractivity contribution in [3.05, 3.63) is 35.9 Å². The second-order valence-corrected chi connectivity index (χ2v) is 8.19. The molecule has 1 amide bonds. The third-order valence-corrected chi connectivity index (χ3v) is 6.15. The Balaban J connectivity index is 1.76. The van der Waals surface area contributed by atoms with E-state index < -0.39 is 23.7 Å². The Bertz CT molecular complexity index is 1170. The summed E-state index contributed by atoms with van der Waals surface area (Å²) >= 11 is 1.15. The van der Waals surface area contributed by atoms with E-state index in [2.05, 4.69) is 20.3 Å². The van der Waals surface area contributed by atoms with Gasteiger partial charge in [0.1, 0.15) is 11.4 Å². The van der Waals surface area contributed by atoms with Crippen molar-refractivity contribution in [3.8, 4) is 11.3 Å². The van der Waals surface area contributed by atoms with E-state index >= 15 is 0 Å². The third-order valence-electron chi connectivity index (χ3n) is 5.34. The molecule has 1 fully saturated rings. The number of halogens is 4. The molecule has 0 aliphatic carbocycles. The van der Waals surface area contributed by atoms with Gasteiger partial charge in [-0.15, -0.1) is 11.8 Å². The minimum absolute atomic E-state index is 0.0354. The van der Waals surface area contributed by atoms with Crippen molar-refractivity contribution in [3.63, 3.8) is 0 Å². The van der Waals surface area contributed by atoms with E-state index in [1.807, 2.05) is 0 Å². The molecule has 1 atom stereocenters. The molecule has 0 unspecified atom stereocenters. The number of aromatic amines is 1. The van der Waals surface area contributed by atoms with Crippen LogP contribution in [0.4, 0.5) is 28.3 Å². The number of hydrogen-bond acceptors (Lipinski definition) is 5. The predicted molar refractivity (Wildman–Crippen MR) is 112 cm³/mol. The highest BCUT2D eigenvalue weighted by Gasteiger charge is 2.36. The van der Waals surface area contributed by atoms with Crippen molar-refractivity contribution in [2.45, 2.75) is 30.0 Å². The molecule has 7 nitrogen and oxygen atoms in total. The number of amides is 1. The van der Waals surface area contributed by atoms with Gasteiger partial charge in [-0.25, -0.2) is 19.2 Å². The van der Waals surface area contributed by atoms with Gasteiger partial charge >= 0.3 is 12.3 Å². The fraction of sp³-hybridized carbons (Fsp3) is 0.350. The first kappa shape index (κ1) is 22.2. The molecule has 3 N–H and O–H groups in total. The van der Waals surface area contributed by atoms with E-state index in [-0.39, 0.29) is 29.8 Å². The largest absolute Gasteiger partial charge is 0.465 e. The van der Waals surface area contributed by atoms with Crippen LogP contribution in [0.15, 0.2) is 29.4 Å². The molecule has 1 aromatic carbocycles. The molecule has 12 heteroatoms. The molecule has 4 rings (SSSR count). The standard InChI is InChI=1S/C20H19F4N5O2S/c1-32-17-14(21)5-4-11-12(7-25-16(11)17)15-13(20(22,23)24)8-26-18(28-15)27-10-3-2-6-29(9-10)19(30)31/h4-5,7-8,10,25H,2-3,6,9H2,1H3,(H,30,31)(H,26,27,28)/t10-/m0/s1. The number of benzene rings is 1. The van der Waals surface area contributed by atoms with Crippen molar-refractivity contribution in [1.82, 2.24) is 19.9 Å². The Morgan fingerprint density at radius 3 is 2.84 bits per heavy atom. The van der Waals surface area contributed by atoms with Crippen LogP contribution < -0.4 is 5.32 Å². The second-order valence-electron chi connectivity index (χ2n) is 7.37. The number of hydrogen-bond donors (Lipinski definition) is 3. The van der Waals surface area contributed by atoms with E-state index in [9.17, 15) is 27.5 Å². The van der Waals surface area contributed by atoms with Crippen molar-refractivity contribution >= 4 is 34.7 Å². The smallest absolute Gasteiger partial charge is 0.419 e. The van der Waals surface area contributed by atoms with Crippen molar-refractivity contribution < 1.29 is 27.5 Å². The van der Waals surface area contributed by atoms with Gasteiger partial charge in [0, 0.05) is 42.5 Å². The third kappa shape index (κ3) is 4.18. The van der Waals surface area contributed by atoms with Gasteiger partial charge in [-0.3, -0.25) is 0 Å². The maximum absolute atomic E-state index is 14.1. The maximum atomic E-state index is 14.1. The highest BCUT2D eigenvalue weighted by Crippen LogP contribution is 2.40. The first-order valence-electron chi connectivity index (χ1n) is 9.71. The minimum Gasteiger partial charge on any atom is -0.465 e. The zero-order chi connectivity index (χ0) is 23.0. The number of nitrogens with zero attached hydrogens (tertiary/aromatic N) is 3. The molecule has 1 aliphatic rings. The topological polar surface area (TPSA) is 94.1 Å². The average molecular weight is 469 g/mol. The Morgan fingerprint density at radius 1 is 1.38 bits per heavy atom. The van der Waals surface area contributed by atoms with E-state index in [1.165, 1.54) is 23.2 Å². The number of nitrogens with one attached hydrogen (secondary N) is 2. The number of anilines is 1. The summed E-state index contributed by atoms with van der Waals surface area (Å²) in [4.78, 5) is 23.6. The molecule has 3 aromatic rings. The molecule has 170 valence electrons. The summed E-state index contributed by atoms with van der Waals surface area (Å²) in [7, 11) is 0. The van der Waals surface area contributed by atoms with Crippen LogP contribution in [0, 0.1) is 5.82 Å². The van der Waals surface area contributed by atoms with Crippen LogP contribution in [0.5, 0.6) is 0 Å². The summed E-state index contributed by atoms with van der Waals surface area (Å²) < 4.78 is 55.3. The Hall–Kier alpha value is -3.02. The summed E-state index contributed by atoms with van der Waals surface area (Å²) in [5, 5.41) is 12.6. The zero-order valence-corrected chi connectivity index (χ0v) is 17.6. The molecule has 0 saturated carbocycles. The maximum Gasteiger partial charge on any atom is 0.419 e. The lowest BCUT2D eigenvalue weighted by Crippen LogP contribution is -2.44. The van der Waals surface area contributed by atoms with E-state index in [4.69, 9.17) is 0 Å². The number of H-pyrrole nitrogens is 1. The van der Waals surface area contributed by atoms with Crippen LogP contribution in [0.2, 0.25) is 0 Å². The number of aromatic nitrogens is 3. The molecule has 1 saturated heterocycles. The summed E-state index contributed by atoms with van der Waals surface area (Å²) in [6.45, 7) is 0.578. The van der Waals surface area contributed by atoms with Gasteiger partial charge in [0.05, 0.1) is 16.1 Å². The molecule has 2 aromatic heterocycles. The normalized spacial score (nSPS) is 17.0. The van der Waals surface area contributed by atoms with Crippen LogP contribution in [0.1, 0.15) is 18.4 Å². The number of rotatable bonds is 4. The zero-order valence-electron chi connectivity index (χ0n) is 16.8. The summed E-state index contributed by atoms with van der Waals surface area (Å²) in [5.74, 6) is -0.508. The molecule has 1 aliphatic heterocycles. The molecular weight excluding hydrogens is 450 g/mol. The first-order chi connectivity index (χ1) is 15.2. The van der Waals surface area contributed by atoms with Crippen LogP contribution in [0.3, 0.4) is 0 Å². The molecular formula is C20H19F4N5O2S. The SMILES string of the molecule is CSc1c(F)ccc2c(-c3nc(N[C@H]4CCCN(C(=O)O)C4)ncc3C(F)(F)F)c[nH]c12. The number of carboxylic acid groups (broad SMARTS) is 1. The average Bonchev–Trinajstić information content (AvgIpc) is 3.17. The number of thioether (sulfide) groups is 1. The summed E-state index contributed by atoms with van der Waals surface area (Å²) in [6.07, 6.45) is -0.753. The summed E-state index contributed by atoms with van der Waals surface area (Å²) in [6, 6.07) is 2.30. The van der Waals surface area contributed by atoms with Crippen molar-refractivity contribution in [2.24, 2.45) is 0 Å². The number of carbonyl (C=O) groups is 1. The Labute approximate surface area is 184 Å². The van der Waals surface area contributed by atoms with Crippen LogP contribution in [-0.4, -0.2) is 56.4 Å². The van der Waals surface area contributed by atoms with Gasteiger partial charge in [0.15, 0.2) is 0 Å². The quantitative estimate of drug-likeness (QED) is 0.365. The lowest BCUT2D eigenvalue weighted by molar-refractivity contribution is -0.137. The van der Waals surface area contributed by atoms with E-state index in [0.29, 0.717) is 41.4 Å². The van der Waals surface area contributed by atoms with Crippen LogP contribution in [0.25, 0.3) is 22.2 Å². The number of fused-ring (bicyclic) bond motifs is 1. The van der Waals surface area contributed by atoms with Crippen molar-refractivity contribution in [1.29, 1.82) is 0 Å². The van der Waals surface area contributed by atoms with Gasteiger partial charge < -0.3 is 20.3 Å². The van der Waals surface area contributed by atoms with Crippen molar-refractivity contribution in [2.75, 3.05) is 24.7 Å². The highest BCUT2D eigenvalue weighted by atomic mass is 32.2. The van der Waals surface area contributed by atoms with Gasteiger partial charge in [0.25, 0.3) is 0 Å². The van der Waals surface area contributed by atoms with Gasteiger partial charge in [-0.2, -0.15) is 13.2 Å². The lowest BCUT2D eigenvalue weighted by atomic mass is 10.1. The Kier molecular flexibility index (Phi) is 5.89. The molecule has 32 heavy (non-hydrogen) atoms. The number of likely N-dealkylation sites (tertiary alicyclic amines) is 1. The molecule has 0 spiro atoms. The summed E-state index contributed by atoms with van der Waals surface area (Å²) in [5.41, 5.74) is -0.803. The van der Waals surface area contributed by atoms with Gasteiger partial charge in [-0.1, -0.05) is 0 Å². The van der Waals surface area contributed by atoms with Gasteiger partial charge in [0.2, 0.25) is 5.95 Å². The minimum atomic E-state index is -4.70. The monoisotopic (exact) mass is 469 g/mol. The van der Waals surface area contributed by atoms with Gasteiger partial charge in [-0.05, 0) is 31.2 Å². The molecule has 3 heterocycles. The number of alkyl halides is 3. The molecule has 0 radical (unpaired) electrons. The van der Waals surface area contributed by atoms with E-state index in [0.717, 1.165) is 11.8 Å². The first-order valence-corrected chi connectivity index (χ1v) is 10.9. The number of piperidine rings is 1. The Morgan fingerprint density at radius 2 is 2.16 bits per heavy atom. The van der Waals surface area contributed by atoms with Crippen LogP contribution >= 0.6 is 11.8 Å². The lowest BCUT2D eigenvalue weighted by Gasteiger charge is -2.31. The van der Waals surface area contributed by atoms with E-state index in [1.54, 1.807) is 6.26 Å². The second kappa shape index (κ2) is 8.49.